The molecule has 1 aliphatic carbocycles. The molecule has 1 aliphatic heterocycles. The second-order valence-corrected chi connectivity index (χ2v) is 15.7. The average Bonchev–Trinajstić information content (AvgIpc) is 3.84. The number of carbonyl (C=O) groups excluding carboxylic acids is 1. The van der Waals surface area contributed by atoms with Crippen molar-refractivity contribution in [1.82, 2.24) is 39.5 Å². The number of hydrogen-bond acceptors (Lipinski definition) is 10. The molecule has 0 radical (unpaired) electrons. The SMILES string of the molecule is CC(C)c1cc(NC(=O)NC2CCC(Oc3ccc4nnc(N5C(C)CCCC5C)n4c3)c3ccccc32)n(-c2ccn(CCOS(C)(=O)=O)n2)n1. The van der Waals surface area contributed by atoms with Gasteiger partial charge in [0.15, 0.2) is 11.5 Å². The number of piperidine rings is 1. The molecule has 7 rings (SSSR count). The lowest BCUT2D eigenvalue weighted by atomic mass is 9.85. The molecule has 2 N–H and O–H groups in total. The van der Waals surface area contributed by atoms with E-state index in [1.165, 1.54) is 6.42 Å². The van der Waals surface area contributed by atoms with E-state index in [1.54, 1.807) is 21.6 Å². The number of anilines is 2. The van der Waals surface area contributed by atoms with Crippen LogP contribution in [-0.4, -0.2) is 73.6 Å². The molecule has 5 aromatic rings. The molecule has 15 nitrogen and oxygen atoms in total. The van der Waals surface area contributed by atoms with Gasteiger partial charge in [0.2, 0.25) is 5.95 Å². The predicted octanol–water partition coefficient (Wildman–Crippen LogP) is 5.76. The highest BCUT2D eigenvalue weighted by atomic mass is 32.2. The summed E-state index contributed by atoms with van der Waals surface area (Å²) >= 11 is 0. The smallest absolute Gasteiger partial charge is 0.320 e. The Morgan fingerprint density at radius 3 is 2.50 bits per heavy atom. The van der Waals surface area contributed by atoms with E-state index in [-0.39, 0.29) is 37.2 Å². The van der Waals surface area contributed by atoms with Crippen molar-refractivity contribution in [3.63, 3.8) is 0 Å². The molecule has 4 aromatic heterocycles. The van der Waals surface area contributed by atoms with Gasteiger partial charge in [0.05, 0.1) is 37.3 Å². The maximum absolute atomic E-state index is 13.6. The highest BCUT2D eigenvalue weighted by Gasteiger charge is 2.31. The third-order valence-electron chi connectivity index (χ3n) is 9.82. The first-order valence-corrected chi connectivity index (χ1v) is 19.7. The van der Waals surface area contributed by atoms with Gasteiger partial charge in [-0.1, -0.05) is 38.1 Å². The first-order valence-electron chi connectivity index (χ1n) is 17.9. The number of aromatic nitrogens is 7. The van der Waals surface area contributed by atoms with E-state index in [4.69, 9.17) is 14.0 Å². The van der Waals surface area contributed by atoms with E-state index in [0.29, 0.717) is 36.6 Å². The van der Waals surface area contributed by atoms with E-state index in [1.807, 2.05) is 60.8 Å². The zero-order chi connectivity index (χ0) is 36.6. The van der Waals surface area contributed by atoms with Crippen LogP contribution in [-0.2, 0) is 20.8 Å². The zero-order valence-electron chi connectivity index (χ0n) is 30.1. The number of pyridine rings is 1. The van der Waals surface area contributed by atoms with Crippen molar-refractivity contribution < 1.29 is 22.1 Å². The third-order valence-corrected chi connectivity index (χ3v) is 10.4. The molecule has 276 valence electrons. The Hall–Kier alpha value is -4.96. The van der Waals surface area contributed by atoms with E-state index in [9.17, 15) is 13.2 Å². The van der Waals surface area contributed by atoms with Gasteiger partial charge in [-0.25, -0.2) is 4.79 Å². The van der Waals surface area contributed by atoms with Gasteiger partial charge < -0.3 is 15.0 Å². The van der Waals surface area contributed by atoms with Gasteiger partial charge in [0.1, 0.15) is 17.7 Å². The lowest BCUT2D eigenvalue weighted by Gasteiger charge is -2.39. The van der Waals surface area contributed by atoms with E-state index in [2.05, 4.69) is 50.7 Å². The first-order chi connectivity index (χ1) is 24.9. The van der Waals surface area contributed by atoms with Gasteiger partial charge in [-0.3, -0.25) is 18.6 Å². The lowest BCUT2D eigenvalue weighted by molar-refractivity contribution is 0.171. The lowest BCUT2D eigenvalue weighted by Crippen LogP contribution is -2.44. The molecular weight excluding hydrogens is 685 g/mol. The number of hydrogen-bond donors (Lipinski definition) is 2. The van der Waals surface area contributed by atoms with Crippen molar-refractivity contribution in [2.45, 2.75) is 96.5 Å². The minimum Gasteiger partial charge on any atom is -0.484 e. The summed E-state index contributed by atoms with van der Waals surface area (Å²) in [4.78, 5) is 15.9. The van der Waals surface area contributed by atoms with Crippen molar-refractivity contribution in [2.75, 3.05) is 23.1 Å². The Labute approximate surface area is 303 Å². The Morgan fingerprint density at radius 1 is 0.981 bits per heavy atom. The summed E-state index contributed by atoms with van der Waals surface area (Å²) in [6.45, 7) is 8.72. The van der Waals surface area contributed by atoms with Crippen LogP contribution in [0.5, 0.6) is 5.75 Å². The second-order valence-electron chi connectivity index (χ2n) is 14.1. The quantitative estimate of drug-likeness (QED) is 0.160. The van der Waals surface area contributed by atoms with Crippen LogP contribution in [0.4, 0.5) is 16.6 Å². The molecule has 0 bridgehead atoms. The topological polar surface area (TPSA) is 163 Å². The molecule has 1 saturated heterocycles. The molecule has 0 saturated carbocycles. The van der Waals surface area contributed by atoms with Crippen LogP contribution in [0.1, 0.15) is 94.7 Å². The summed E-state index contributed by atoms with van der Waals surface area (Å²) in [7, 11) is -3.55. The van der Waals surface area contributed by atoms with Crippen LogP contribution in [0.2, 0.25) is 0 Å². The van der Waals surface area contributed by atoms with E-state index in [0.717, 1.165) is 53.3 Å². The predicted molar refractivity (Wildman–Crippen MR) is 196 cm³/mol. The minimum absolute atomic E-state index is 0.0474. The number of urea groups is 1. The van der Waals surface area contributed by atoms with Gasteiger partial charge in [-0.2, -0.15) is 23.3 Å². The highest BCUT2D eigenvalue weighted by Crippen LogP contribution is 2.39. The Kier molecular flexibility index (Phi) is 9.94. The monoisotopic (exact) mass is 730 g/mol. The number of amides is 2. The van der Waals surface area contributed by atoms with Crippen LogP contribution < -0.4 is 20.3 Å². The molecule has 1 aromatic carbocycles. The molecule has 1 fully saturated rings. The molecule has 5 heterocycles. The number of benzene rings is 1. The second kappa shape index (κ2) is 14.6. The molecule has 2 aliphatic rings. The third kappa shape index (κ3) is 7.62. The zero-order valence-corrected chi connectivity index (χ0v) is 31.0. The molecule has 2 amide bonds. The minimum atomic E-state index is -3.55. The van der Waals surface area contributed by atoms with Crippen LogP contribution in [0.15, 0.2) is 60.9 Å². The normalized spacial score (nSPS) is 20.6. The van der Waals surface area contributed by atoms with Crippen molar-refractivity contribution in [3.8, 4) is 11.6 Å². The molecule has 4 atom stereocenters. The van der Waals surface area contributed by atoms with Crippen molar-refractivity contribution in [3.05, 3.63) is 77.7 Å². The van der Waals surface area contributed by atoms with Crippen LogP contribution in [0, 0.1) is 0 Å². The number of nitrogens with zero attached hydrogens (tertiary/aromatic N) is 8. The van der Waals surface area contributed by atoms with Crippen LogP contribution >= 0.6 is 0 Å². The fourth-order valence-electron chi connectivity index (χ4n) is 7.23. The average molecular weight is 731 g/mol. The first kappa shape index (κ1) is 35.4. The summed E-state index contributed by atoms with van der Waals surface area (Å²) < 4.78 is 39.4. The number of ether oxygens (including phenoxy) is 1. The van der Waals surface area contributed by atoms with Crippen LogP contribution in [0.3, 0.4) is 0 Å². The summed E-state index contributed by atoms with van der Waals surface area (Å²) in [6.07, 6.45) is 9.34. The van der Waals surface area contributed by atoms with Gasteiger partial charge in [0.25, 0.3) is 10.1 Å². The summed E-state index contributed by atoms with van der Waals surface area (Å²) in [5.74, 6) is 2.61. The van der Waals surface area contributed by atoms with Gasteiger partial charge >= 0.3 is 6.03 Å². The Bertz CT molecular complexity index is 2150. The van der Waals surface area contributed by atoms with Crippen LogP contribution in [0.25, 0.3) is 11.5 Å². The number of fused-ring (bicyclic) bond motifs is 2. The standard InChI is InChI=1S/C36H46N10O5S/c1-23(2)30-21-34(46(41-30)33-17-18-43(42-33)19-20-50-52(5,48)49)38-35(47)37-29-14-15-31(28-12-7-6-11-27(28)29)51-26-13-16-32-39-40-36(44(32)22-26)45-24(3)9-8-10-25(45)4/h6-7,11-13,16-18,21-25,29,31H,8-10,14-15,19-20H2,1-5H3,(H2,37,38,47). The molecule has 4 unspecified atom stereocenters. The summed E-state index contributed by atoms with van der Waals surface area (Å²) in [6, 6.07) is 15.7. The van der Waals surface area contributed by atoms with Gasteiger partial charge in [-0.05, 0) is 75.1 Å². The highest BCUT2D eigenvalue weighted by molar-refractivity contribution is 7.85. The van der Waals surface area contributed by atoms with Crippen molar-refractivity contribution in [1.29, 1.82) is 0 Å². The Morgan fingerprint density at radius 2 is 1.75 bits per heavy atom. The number of rotatable bonds is 11. The van der Waals surface area contributed by atoms with Crippen molar-refractivity contribution in [2.24, 2.45) is 0 Å². The maximum Gasteiger partial charge on any atom is 0.320 e. The molecular formula is C36H46N10O5S. The number of carbonyl (C=O) groups is 1. The summed E-state index contributed by atoms with van der Waals surface area (Å²) in [5.41, 5.74) is 3.59. The fourth-order valence-corrected chi connectivity index (χ4v) is 7.61. The molecule has 0 spiro atoms. The largest absolute Gasteiger partial charge is 0.484 e. The van der Waals surface area contributed by atoms with Crippen molar-refractivity contribution >= 4 is 33.6 Å². The maximum atomic E-state index is 13.6. The molecule has 16 heteroatoms. The van der Waals surface area contributed by atoms with E-state index >= 15 is 0 Å². The Balaban J connectivity index is 1.05. The van der Waals surface area contributed by atoms with E-state index < -0.39 is 10.1 Å². The molecule has 52 heavy (non-hydrogen) atoms. The number of nitrogens with one attached hydrogen (secondary N) is 2. The summed E-state index contributed by atoms with van der Waals surface area (Å²) in [5, 5.41) is 24.4. The fraction of sp³-hybridized carbons (Fsp3) is 0.472. The van der Waals surface area contributed by atoms with Gasteiger partial charge in [0, 0.05) is 30.4 Å². The van der Waals surface area contributed by atoms with Gasteiger partial charge in [-0.15, -0.1) is 10.2 Å².